The summed E-state index contributed by atoms with van der Waals surface area (Å²) < 4.78 is 0. The van der Waals surface area contributed by atoms with E-state index in [1.807, 2.05) is 12.1 Å². The Morgan fingerprint density at radius 1 is 0.735 bits per heavy atom. The molecule has 1 nitrogen and oxygen atoms in total. The summed E-state index contributed by atoms with van der Waals surface area (Å²) in [5, 5.41) is 8.95. The van der Waals surface area contributed by atoms with Crippen LogP contribution in [0.5, 0.6) is 0 Å². The fraction of sp³-hybridized carbons (Fsp3) is 0.594. The lowest BCUT2D eigenvalue weighted by Gasteiger charge is -2.43. The van der Waals surface area contributed by atoms with E-state index in [4.69, 9.17) is 5.26 Å². The van der Waals surface area contributed by atoms with E-state index in [2.05, 4.69) is 49.4 Å². The molecule has 0 unspecified atom stereocenters. The van der Waals surface area contributed by atoms with Crippen LogP contribution in [0.4, 0.5) is 0 Å². The van der Waals surface area contributed by atoms with Gasteiger partial charge in [0.05, 0.1) is 19.7 Å². The van der Waals surface area contributed by atoms with Gasteiger partial charge in [-0.2, -0.15) is 5.26 Å². The van der Waals surface area contributed by atoms with E-state index >= 15 is 0 Å². The Labute approximate surface area is 210 Å². The third kappa shape index (κ3) is 7.08. The second kappa shape index (κ2) is 12.7. The molecule has 2 aromatic carbocycles. The smallest absolute Gasteiger partial charge is 0.0991 e. The molecular formula is C32H45NSi. The van der Waals surface area contributed by atoms with Crippen LogP contribution >= 0.6 is 0 Å². The number of hydrogen-bond acceptors (Lipinski definition) is 1. The zero-order valence-electron chi connectivity index (χ0n) is 21.5. The van der Waals surface area contributed by atoms with Crippen molar-refractivity contribution in [3.05, 3.63) is 70.8 Å². The molecule has 0 aliphatic carbocycles. The second-order valence-corrected chi connectivity index (χ2v) is 16.5. The first-order valence-corrected chi connectivity index (χ1v) is 17.1. The van der Waals surface area contributed by atoms with E-state index in [1.54, 1.807) is 42.6 Å². The van der Waals surface area contributed by atoms with E-state index in [-0.39, 0.29) is 0 Å². The van der Waals surface area contributed by atoms with Gasteiger partial charge in [0.25, 0.3) is 0 Å². The van der Waals surface area contributed by atoms with Crippen molar-refractivity contribution in [2.45, 2.75) is 114 Å². The maximum absolute atomic E-state index is 8.95. The van der Waals surface area contributed by atoms with E-state index < -0.39 is 8.07 Å². The van der Waals surface area contributed by atoms with Gasteiger partial charge in [-0.15, -0.1) is 0 Å². The van der Waals surface area contributed by atoms with Gasteiger partial charge in [0.2, 0.25) is 0 Å². The summed E-state index contributed by atoms with van der Waals surface area (Å²) in [5.74, 6) is 1.87. The van der Waals surface area contributed by atoms with Crippen LogP contribution in [0.15, 0.2) is 48.5 Å². The molecule has 2 aromatic rings. The van der Waals surface area contributed by atoms with Gasteiger partial charge in [0.1, 0.15) is 0 Å². The van der Waals surface area contributed by atoms with Crippen LogP contribution < -0.4 is 0 Å². The van der Waals surface area contributed by atoms with Gasteiger partial charge < -0.3 is 0 Å². The van der Waals surface area contributed by atoms with Crippen LogP contribution in [0.3, 0.4) is 0 Å². The zero-order valence-corrected chi connectivity index (χ0v) is 22.5. The quantitative estimate of drug-likeness (QED) is 0.250. The van der Waals surface area contributed by atoms with Crippen molar-refractivity contribution in [2.24, 2.45) is 5.92 Å². The van der Waals surface area contributed by atoms with Gasteiger partial charge in [-0.1, -0.05) is 119 Å². The SMILES string of the molecule is CCCCCCCC1CC[Si]2(CC1)CCC(c1ccc(CCc3ccc(C#N)cc3)cc1)CC2. The monoisotopic (exact) mass is 471 g/mol. The maximum atomic E-state index is 8.95. The highest BCUT2D eigenvalue weighted by atomic mass is 28.3. The Morgan fingerprint density at radius 2 is 1.29 bits per heavy atom. The molecule has 2 fully saturated rings. The van der Waals surface area contributed by atoms with Crippen LogP contribution in [0.25, 0.3) is 0 Å². The van der Waals surface area contributed by atoms with Crippen molar-refractivity contribution in [3.8, 4) is 6.07 Å². The average molecular weight is 472 g/mol. The summed E-state index contributed by atoms with van der Waals surface area (Å²) in [6, 6.07) is 26.3. The molecule has 2 saturated heterocycles. The first kappa shape index (κ1) is 25.2. The molecule has 2 heterocycles. The molecular weight excluding hydrogens is 426 g/mol. The molecule has 2 aliphatic heterocycles. The molecule has 0 atom stereocenters. The Bertz CT molecular complexity index is 890. The highest BCUT2D eigenvalue weighted by Gasteiger charge is 2.40. The predicted molar refractivity (Wildman–Crippen MR) is 148 cm³/mol. The molecule has 34 heavy (non-hydrogen) atoms. The minimum atomic E-state index is -0.935. The molecule has 0 radical (unpaired) electrons. The molecule has 2 aliphatic rings. The van der Waals surface area contributed by atoms with Gasteiger partial charge in [0, 0.05) is 0 Å². The predicted octanol–water partition coefficient (Wildman–Crippen LogP) is 9.44. The Morgan fingerprint density at radius 3 is 1.88 bits per heavy atom. The fourth-order valence-corrected chi connectivity index (χ4v) is 12.1. The largest absolute Gasteiger partial charge is 0.192 e. The molecule has 0 aromatic heterocycles. The fourth-order valence-electron chi connectivity index (χ4n) is 6.67. The van der Waals surface area contributed by atoms with Crippen LogP contribution in [-0.2, 0) is 12.8 Å². The van der Waals surface area contributed by atoms with Crippen molar-refractivity contribution >= 4 is 8.07 Å². The lowest BCUT2D eigenvalue weighted by Crippen LogP contribution is -2.41. The van der Waals surface area contributed by atoms with Crippen molar-refractivity contribution in [1.29, 1.82) is 5.26 Å². The Kier molecular flexibility index (Phi) is 9.46. The molecule has 0 bridgehead atoms. The number of aryl methyl sites for hydroxylation is 2. The lowest BCUT2D eigenvalue weighted by molar-refractivity contribution is 0.404. The van der Waals surface area contributed by atoms with Crippen molar-refractivity contribution in [2.75, 3.05) is 0 Å². The van der Waals surface area contributed by atoms with Crippen molar-refractivity contribution in [3.63, 3.8) is 0 Å². The topological polar surface area (TPSA) is 23.8 Å². The highest BCUT2D eigenvalue weighted by Crippen LogP contribution is 2.47. The molecule has 0 saturated carbocycles. The van der Waals surface area contributed by atoms with Crippen molar-refractivity contribution in [1.82, 2.24) is 0 Å². The molecule has 0 amide bonds. The number of hydrogen-bond donors (Lipinski definition) is 0. The van der Waals surface area contributed by atoms with Gasteiger partial charge in [-0.3, -0.25) is 0 Å². The summed E-state index contributed by atoms with van der Waals surface area (Å²) in [5.41, 5.74) is 5.09. The van der Waals surface area contributed by atoms with E-state index in [0.29, 0.717) is 0 Å². The van der Waals surface area contributed by atoms with E-state index in [0.717, 1.165) is 30.2 Å². The van der Waals surface area contributed by atoms with Crippen molar-refractivity contribution < 1.29 is 0 Å². The minimum absolute atomic E-state index is 0.747. The molecule has 2 heteroatoms. The Hall–Kier alpha value is -1.85. The van der Waals surface area contributed by atoms with Crippen LogP contribution in [0, 0.1) is 17.2 Å². The summed E-state index contributed by atoms with van der Waals surface area (Å²) >= 11 is 0. The van der Waals surface area contributed by atoms with Crippen LogP contribution in [0.1, 0.15) is 99.3 Å². The van der Waals surface area contributed by atoms with Gasteiger partial charge >= 0.3 is 0 Å². The number of nitriles is 1. The van der Waals surface area contributed by atoms with Gasteiger partial charge in [-0.05, 0) is 66.3 Å². The molecule has 4 rings (SSSR count). The molecule has 182 valence electrons. The first-order chi connectivity index (χ1) is 16.7. The number of nitrogens with zero attached hydrogens (tertiary/aromatic N) is 1. The number of benzene rings is 2. The lowest BCUT2D eigenvalue weighted by atomic mass is 9.92. The normalized spacial score (nSPS) is 24.7. The summed E-state index contributed by atoms with van der Waals surface area (Å²) in [6.07, 6.45) is 16.9. The minimum Gasteiger partial charge on any atom is -0.192 e. The van der Waals surface area contributed by atoms with Gasteiger partial charge in [0.15, 0.2) is 0 Å². The van der Waals surface area contributed by atoms with E-state index in [1.165, 1.54) is 62.5 Å². The number of rotatable bonds is 10. The summed E-state index contributed by atoms with van der Waals surface area (Å²) in [7, 11) is -0.935. The first-order valence-electron chi connectivity index (χ1n) is 14.3. The average Bonchev–Trinajstić information content (AvgIpc) is 2.90. The highest BCUT2D eigenvalue weighted by molar-refractivity contribution is 6.80. The third-order valence-corrected chi connectivity index (χ3v) is 14.6. The number of unbranched alkanes of at least 4 members (excludes halogenated alkanes) is 4. The zero-order chi connectivity index (χ0) is 23.6. The van der Waals surface area contributed by atoms with Crippen LogP contribution in [-0.4, -0.2) is 8.07 Å². The summed E-state index contributed by atoms with van der Waals surface area (Å²) in [4.78, 5) is 0. The third-order valence-electron chi connectivity index (χ3n) is 9.16. The summed E-state index contributed by atoms with van der Waals surface area (Å²) in [6.45, 7) is 2.32. The van der Waals surface area contributed by atoms with E-state index in [9.17, 15) is 0 Å². The second-order valence-electron chi connectivity index (χ2n) is 11.5. The maximum Gasteiger partial charge on any atom is 0.0991 e. The standard InChI is InChI=1S/C32H45NSi/c1-2-3-4-5-6-7-27-18-22-34(23-19-27)24-20-32(21-25-34)31-16-14-29(15-17-31)9-8-28-10-12-30(26-33)13-11-28/h10-17,27,32H,2-9,18-25H2,1H3. The molecule has 0 N–H and O–H groups in total. The Balaban J connectivity index is 1.18. The molecule has 1 spiro atoms. The van der Waals surface area contributed by atoms with Gasteiger partial charge in [-0.25, -0.2) is 0 Å². The van der Waals surface area contributed by atoms with Crippen LogP contribution in [0.2, 0.25) is 24.2 Å².